The Hall–Kier alpha value is -8.56. The van der Waals surface area contributed by atoms with Crippen LogP contribution in [0.5, 0.6) is 5.75 Å². The van der Waals surface area contributed by atoms with Crippen LogP contribution in [0.15, 0.2) is 54.6 Å². The molecular weight excluding hydrogens is 1150 g/mol. The number of primary amides is 3. The van der Waals surface area contributed by atoms with Gasteiger partial charge in [-0.05, 0) is 68.3 Å². The van der Waals surface area contributed by atoms with Gasteiger partial charge >= 0.3 is 0 Å². The number of phenols is 1. The van der Waals surface area contributed by atoms with Crippen LogP contribution in [0.3, 0.4) is 0 Å². The Balaban J connectivity index is 1.81. The fraction of sp³-hybridized carbons (Fsp3) is 0.500. The summed E-state index contributed by atoms with van der Waals surface area (Å²) < 4.78 is 0. The molecule has 14 amide bonds. The first-order chi connectivity index (χ1) is 40.5. The first-order valence-corrected chi connectivity index (χ1v) is 29.5. The quantitative estimate of drug-likeness (QED) is 0.0324. The molecule has 33 heteroatoms. The predicted octanol–water partition coefficient (Wildman–Crippen LogP) is -6.98. The summed E-state index contributed by atoms with van der Waals surface area (Å²) in [6, 6.07) is 1.48. The molecule has 21 N–H and O–H groups in total. The minimum atomic E-state index is -1.87. The van der Waals surface area contributed by atoms with Crippen molar-refractivity contribution in [2.45, 2.75) is 113 Å². The topological polar surface area (TPSA) is 513 Å². The van der Waals surface area contributed by atoms with Gasteiger partial charge in [0.2, 0.25) is 82.7 Å². The van der Waals surface area contributed by atoms with Gasteiger partial charge in [-0.25, -0.2) is 0 Å². The van der Waals surface area contributed by atoms with Gasteiger partial charge in [0.05, 0.1) is 32.6 Å². The van der Waals surface area contributed by atoms with E-state index in [1.807, 2.05) is 0 Å². The van der Waals surface area contributed by atoms with Gasteiger partial charge in [0.1, 0.15) is 54.1 Å². The predicted molar refractivity (Wildman–Crippen MR) is 308 cm³/mol. The second-order valence-corrected chi connectivity index (χ2v) is 22.3. The lowest BCUT2D eigenvalue weighted by Crippen LogP contribution is -2.61. The zero-order valence-corrected chi connectivity index (χ0v) is 48.0. The minimum absolute atomic E-state index is 0.0517. The van der Waals surface area contributed by atoms with Crippen LogP contribution in [0.25, 0.3) is 0 Å². The Kier molecular flexibility index (Phi) is 28.8. The lowest BCUT2D eigenvalue weighted by atomic mass is 10.0. The highest BCUT2D eigenvalue weighted by Gasteiger charge is 2.41. The van der Waals surface area contributed by atoms with E-state index in [-0.39, 0.29) is 56.7 Å². The Morgan fingerprint density at radius 2 is 1.20 bits per heavy atom. The van der Waals surface area contributed by atoms with Crippen LogP contribution in [-0.4, -0.2) is 192 Å². The molecule has 2 aliphatic rings. The average molecular weight is 1230 g/mol. The molecule has 0 aliphatic carbocycles. The Morgan fingerprint density at radius 3 is 1.82 bits per heavy atom. The lowest BCUT2D eigenvalue weighted by Gasteiger charge is -2.31. The molecule has 85 heavy (non-hydrogen) atoms. The molecule has 2 aliphatic heterocycles. The zero-order chi connectivity index (χ0) is 62.6. The summed E-state index contributed by atoms with van der Waals surface area (Å²) in [5, 5.41) is 34.8. The molecule has 0 saturated carbocycles. The number of benzene rings is 2. The summed E-state index contributed by atoms with van der Waals surface area (Å²) >= 11 is 0. The minimum Gasteiger partial charge on any atom is -0.508 e. The van der Waals surface area contributed by atoms with Gasteiger partial charge in [-0.3, -0.25) is 67.1 Å². The molecule has 2 aromatic carbocycles. The molecule has 4 rings (SSSR count). The van der Waals surface area contributed by atoms with Crippen molar-refractivity contribution in [1.29, 1.82) is 0 Å². The standard InChI is InChI=1S/C52H74N16O15S2/c53-17-5-4-9-31(45(76)60-23-41(57)72)63-51(82)38-10-6-18-68(38)52(83)37-27-85-84-26-36(61-44(75)25-59-43(74)24-58-42(73)22-54)50(81)65-34(20-29-11-13-30(69)14-12-29)48(79)64-33(19-28-7-2-1-3-8-28)47(78)62-32(15-16-39(55)70)46(77)66-35(21-40(56)71)49(80)67-37/h1-3,7-8,11-14,31-38,69H,4-6,9-10,15-27,53-54H2,(H2,55,70)(H2,56,71)(H2,57,72)(H,58,73)(H,59,74)(H,60,76)(H,61,75)(H,62,78)(H,63,82)(H,64,79)(H,65,81)(H,66,77)(H,67,80)/t31-,32+,33-,34-,35-,36-,37-,38-/m0/s1. The van der Waals surface area contributed by atoms with E-state index in [9.17, 15) is 72.2 Å². The molecule has 2 heterocycles. The van der Waals surface area contributed by atoms with E-state index in [2.05, 4.69) is 53.2 Å². The SMILES string of the molecule is NCCCC[C@H](NC(=O)[C@@H]1CCCN1C(=O)[C@@H]1CSSC[C@H](NC(=O)CNC(=O)CNC(=O)CN)C(=O)N[C@@H](Cc2ccc(O)cc2)C(=O)N[C@@H](Cc2ccccc2)C(=O)N[C@H](CCC(N)=O)C(=O)N[C@@H](CC(N)=O)C(=O)N1)C(=O)NCC(N)=O. The smallest absolute Gasteiger partial charge is 0.246 e. The fourth-order valence-electron chi connectivity index (χ4n) is 8.62. The van der Waals surface area contributed by atoms with E-state index >= 15 is 0 Å². The Morgan fingerprint density at radius 1 is 0.624 bits per heavy atom. The lowest BCUT2D eigenvalue weighted by molar-refractivity contribution is -0.142. The average Bonchev–Trinajstić information content (AvgIpc) is 4.23. The third-order valence-corrected chi connectivity index (χ3v) is 15.4. The molecule has 0 radical (unpaired) electrons. The number of phenolic OH excluding ortho intramolecular Hbond substituents is 1. The number of likely N-dealkylation sites (tertiary alicyclic amines) is 1. The Bertz CT molecular complexity index is 2730. The number of carbonyl (C=O) groups excluding carboxylic acids is 14. The van der Waals surface area contributed by atoms with E-state index in [1.54, 1.807) is 30.3 Å². The Labute approximate surface area is 496 Å². The van der Waals surface area contributed by atoms with Crippen molar-refractivity contribution in [3.05, 3.63) is 65.7 Å². The fourth-order valence-corrected chi connectivity index (χ4v) is 10.9. The van der Waals surface area contributed by atoms with Crippen molar-refractivity contribution in [1.82, 2.24) is 58.1 Å². The van der Waals surface area contributed by atoms with Gasteiger partial charge in [0.15, 0.2) is 0 Å². The molecule has 8 atom stereocenters. The van der Waals surface area contributed by atoms with Gasteiger partial charge in [-0.15, -0.1) is 0 Å². The van der Waals surface area contributed by atoms with Gasteiger partial charge in [0, 0.05) is 37.3 Å². The van der Waals surface area contributed by atoms with Crippen LogP contribution in [0.4, 0.5) is 0 Å². The second kappa shape index (κ2) is 35.5. The number of hydrogen-bond acceptors (Lipinski definition) is 19. The van der Waals surface area contributed by atoms with Crippen molar-refractivity contribution in [2.75, 3.05) is 50.8 Å². The first-order valence-electron chi connectivity index (χ1n) is 27.0. The summed E-state index contributed by atoms with van der Waals surface area (Å²) in [4.78, 5) is 190. The molecular formula is C52H74N16O15S2. The first kappa shape index (κ1) is 68.9. The van der Waals surface area contributed by atoms with Crippen LogP contribution in [-0.2, 0) is 80.0 Å². The number of amides is 14. The maximum atomic E-state index is 14.8. The maximum Gasteiger partial charge on any atom is 0.246 e. The molecule has 2 fully saturated rings. The number of aromatic hydroxyl groups is 1. The molecule has 0 spiro atoms. The van der Waals surface area contributed by atoms with E-state index in [4.69, 9.17) is 28.7 Å². The summed E-state index contributed by atoms with van der Waals surface area (Å²) in [6.45, 7) is -2.01. The second-order valence-electron chi connectivity index (χ2n) is 19.7. The molecule has 2 saturated heterocycles. The highest BCUT2D eigenvalue weighted by molar-refractivity contribution is 8.76. The number of nitrogens with zero attached hydrogens (tertiary/aromatic N) is 1. The normalized spacial score (nSPS) is 21.2. The summed E-state index contributed by atoms with van der Waals surface area (Å²) in [5.74, 6) is -13.8. The van der Waals surface area contributed by atoms with Crippen LogP contribution < -0.4 is 81.8 Å². The molecule has 0 aromatic heterocycles. The third-order valence-electron chi connectivity index (χ3n) is 13.0. The van der Waals surface area contributed by atoms with Gasteiger partial charge < -0.3 is 91.8 Å². The number of hydrogen-bond donors (Lipinski definition) is 16. The number of carbonyl (C=O) groups is 14. The van der Waals surface area contributed by atoms with Crippen molar-refractivity contribution >= 4 is 104 Å². The number of unbranched alkanes of at least 4 members (excludes halogenated alkanes) is 1. The van der Waals surface area contributed by atoms with Crippen molar-refractivity contribution < 1.29 is 72.2 Å². The van der Waals surface area contributed by atoms with Crippen LogP contribution in [0.1, 0.15) is 62.5 Å². The van der Waals surface area contributed by atoms with Crippen LogP contribution >= 0.6 is 21.6 Å². The van der Waals surface area contributed by atoms with E-state index in [0.29, 0.717) is 24.0 Å². The van der Waals surface area contributed by atoms with Crippen LogP contribution in [0.2, 0.25) is 0 Å². The van der Waals surface area contributed by atoms with E-state index < -0.39 is 182 Å². The zero-order valence-electron chi connectivity index (χ0n) is 46.4. The number of rotatable bonds is 25. The monoisotopic (exact) mass is 1230 g/mol. The largest absolute Gasteiger partial charge is 0.508 e. The van der Waals surface area contributed by atoms with Crippen molar-refractivity contribution in [3.8, 4) is 5.75 Å². The maximum absolute atomic E-state index is 14.8. The molecule has 0 bridgehead atoms. The summed E-state index contributed by atoms with van der Waals surface area (Å²) in [5.41, 5.74) is 28.1. The molecule has 464 valence electrons. The highest BCUT2D eigenvalue weighted by atomic mass is 33.1. The summed E-state index contributed by atoms with van der Waals surface area (Å²) in [7, 11) is 1.73. The van der Waals surface area contributed by atoms with E-state index in [0.717, 1.165) is 26.5 Å². The van der Waals surface area contributed by atoms with Gasteiger partial charge in [-0.2, -0.15) is 0 Å². The molecule has 2 aromatic rings. The number of nitrogens with one attached hydrogen (secondary N) is 10. The van der Waals surface area contributed by atoms with Crippen molar-refractivity contribution in [3.63, 3.8) is 0 Å². The molecule has 0 unspecified atom stereocenters. The molecule has 31 nitrogen and oxygen atoms in total. The van der Waals surface area contributed by atoms with Gasteiger partial charge in [-0.1, -0.05) is 64.1 Å². The van der Waals surface area contributed by atoms with Gasteiger partial charge in [0.25, 0.3) is 0 Å². The number of nitrogens with two attached hydrogens (primary N) is 5. The summed E-state index contributed by atoms with van der Waals surface area (Å²) in [6.07, 6.45) is -1.13. The highest BCUT2D eigenvalue weighted by Crippen LogP contribution is 2.26. The van der Waals surface area contributed by atoms with E-state index in [1.165, 1.54) is 24.3 Å². The van der Waals surface area contributed by atoms with Crippen molar-refractivity contribution in [2.24, 2.45) is 28.7 Å². The van der Waals surface area contributed by atoms with Crippen LogP contribution in [0, 0.1) is 0 Å². The third kappa shape index (κ3) is 24.3.